The van der Waals surface area contributed by atoms with Crippen LogP contribution in [0.2, 0.25) is 0 Å². The fraction of sp³-hybridized carbons (Fsp3) is 0.125. The van der Waals surface area contributed by atoms with E-state index in [1.807, 2.05) is 24.3 Å². The van der Waals surface area contributed by atoms with E-state index in [0.29, 0.717) is 13.1 Å². The van der Waals surface area contributed by atoms with Gasteiger partial charge in [0, 0.05) is 18.7 Å². The second kappa shape index (κ2) is 5.67. The minimum absolute atomic E-state index is 0.577. The summed E-state index contributed by atoms with van der Waals surface area (Å²) in [6.07, 6.45) is 0. The first kappa shape index (κ1) is 12.6. The van der Waals surface area contributed by atoms with Crippen LogP contribution in [0.3, 0.4) is 0 Å². The molecule has 1 aromatic heterocycles. The van der Waals surface area contributed by atoms with Crippen LogP contribution in [0, 0.1) is 0 Å². The third kappa shape index (κ3) is 2.60. The molecule has 4 nitrogen and oxygen atoms in total. The van der Waals surface area contributed by atoms with Gasteiger partial charge in [-0.05, 0) is 29.0 Å². The number of nitrogens with zero attached hydrogens (tertiary/aromatic N) is 2. The summed E-state index contributed by atoms with van der Waals surface area (Å²) in [7, 11) is 0. The lowest BCUT2D eigenvalue weighted by molar-refractivity contribution is 0.974. The van der Waals surface area contributed by atoms with Crippen LogP contribution < -0.4 is 11.1 Å². The molecule has 20 heavy (non-hydrogen) atoms. The van der Waals surface area contributed by atoms with E-state index in [1.165, 1.54) is 10.8 Å². The lowest BCUT2D eigenvalue weighted by Gasteiger charge is -2.05. The number of hydrogen-bond acceptors (Lipinski definition) is 4. The second-order valence-electron chi connectivity index (χ2n) is 4.58. The molecule has 0 saturated carbocycles. The second-order valence-corrected chi connectivity index (χ2v) is 4.58. The van der Waals surface area contributed by atoms with Crippen LogP contribution in [0.1, 0.15) is 0 Å². The maximum Gasteiger partial charge on any atom is 0.148 e. The first-order valence-electron chi connectivity index (χ1n) is 6.64. The monoisotopic (exact) mass is 264 g/mol. The molecule has 3 aromatic rings. The molecule has 0 atom stereocenters. The highest BCUT2D eigenvalue weighted by atomic mass is 15.2. The number of aromatic nitrogens is 2. The topological polar surface area (TPSA) is 63.8 Å². The lowest BCUT2D eigenvalue weighted by Crippen LogP contribution is -2.14. The zero-order valence-corrected chi connectivity index (χ0v) is 11.1. The Hall–Kier alpha value is -2.46. The highest BCUT2D eigenvalue weighted by molar-refractivity contribution is 5.86. The SMILES string of the molecule is NCCNc1ccc(-c2ccc3ccccc3c2)nn1. The first-order chi connectivity index (χ1) is 9.86. The number of fused-ring (bicyclic) bond motifs is 1. The number of benzene rings is 2. The van der Waals surface area contributed by atoms with Gasteiger partial charge in [0.2, 0.25) is 0 Å². The van der Waals surface area contributed by atoms with E-state index < -0.39 is 0 Å². The summed E-state index contributed by atoms with van der Waals surface area (Å²) < 4.78 is 0. The minimum atomic E-state index is 0.577. The smallest absolute Gasteiger partial charge is 0.148 e. The molecule has 4 heteroatoms. The summed E-state index contributed by atoms with van der Waals surface area (Å²) in [6, 6.07) is 18.5. The average Bonchev–Trinajstić information content (AvgIpc) is 2.53. The number of rotatable bonds is 4. The number of anilines is 1. The van der Waals surface area contributed by atoms with Crippen molar-refractivity contribution in [2.24, 2.45) is 5.73 Å². The Kier molecular flexibility index (Phi) is 3.56. The normalized spacial score (nSPS) is 10.7. The molecule has 0 radical (unpaired) electrons. The van der Waals surface area contributed by atoms with Crippen molar-refractivity contribution in [2.45, 2.75) is 0 Å². The molecular formula is C16H16N4. The largest absolute Gasteiger partial charge is 0.367 e. The molecule has 0 unspecified atom stereocenters. The van der Waals surface area contributed by atoms with Crippen LogP contribution in [0.4, 0.5) is 5.82 Å². The molecule has 0 aliphatic carbocycles. The van der Waals surface area contributed by atoms with E-state index >= 15 is 0 Å². The van der Waals surface area contributed by atoms with E-state index in [9.17, 15) is 0 Å². The quantitative estimate of drug-likeness (QED) is 0.760. The van der Waals surface area contributed by atoms with Gasteiger partial charge in [0.05, 0.1) is 5.69 Å². The number of hydrogen-bond donors (Lipinski definition) is 2. The highest BCUT2D eigenvalue weighted by Gasteiger charge is 2.02. The maximum atomic E-state index is 5.44. The minimum Gasteiger partial charge on any atom is -0.367 e. The van der Waals surface area contributed by atoms with Gasteiger partial charge in [0.1, 0.15) is 5.82 Å². The van der Waals surface area contributed by atoms with Gasteiger partial charge in [-0.25, -0.2) is 0 Å². The fourth-order valence-corrected chi connectivity index (χ4v) is 2.13. The Bertz CT molecular complexity index is 707. The maximum absolute atomic E-state index is 5.44. The molecule has 0 saturated heterocycles. The van der Waals surface area contributed by atoms with Crippen LogP contribution in [-0.2, 0) is 0 Å². The summed E-state index contributed by atoms with van der Waals surface area (Å²) >= 11 is 0. The summed E-state index contributed by atoms with van der Waals surface area (Å²) in [5.74, 6) is 0.750. The number of nitrogens with two attached hydrogens (primary N) is 1. The van der Waals surface area contributed by atoms with Crippen molar-refractivity contribution in [3.63, 3.8) is 0 Å². The van der Waals surface area contributed by atoms with Crippen LogP contribution in [0.5, 0.6) is 0 Å². The van der Waals surface area contributed by atoms with Gasteiger partial charge >= 0.3 is 0 Å². The molecule has 2 aromatic carbocycles. The summed E-state index contributed by atoms with van der Waals surface area (Å²) in [6.45, 7) is 1.28. The molecule has 1 heterocycles. The van der Waals surface area contributed by atoms with E-state index in [-0.39, 0.29) is 0 Å². The van der Waals surface area contributed by atoms with Crippen molar-refractivity contribution in [2.75, 3.05) is 18.4 Å². The summed E-state index contributed by atoms with van der Waals surface area (Å²) in [5.41, 5.74) is 7.38. The van der Waals surface area contributed by atoms with E-state index in [2.05, 4.69) is 45.8 Å². The molecule has 100 valence electrons. The third-order valence-electron chi connectivity index (χ3n) is 3.16. The lowest BCUT2D eigenvalue weighted by atomic mass is 10.1. The van der Waals surface area contributed by atoms with E-state index in [0.717, 1.165) is 17.1 Å². The van der Waals surface area contributed by atoms with Crippen molar-refractivity contribution < 1.29 is 0 Å². The first-order valence-corrected chi connectivity index (χ1v) is 6.64. The van der Waals surface area contributed by atoms with Gasteiger partial charge in [0.15, 0.2) is 0 Å². The predicted octanol–water partition coefficient (Wildman–Crippen LogP) is 2.67. The van der Waals surface area contributed by atoms with Gasteiger partial charge in [-0.15, -0.1) is 10.2 Å². The molecule has 3 N–H and O–H groups in total. The predicted molar refractivity (Wildman–Crippen MR) is 82.5 cm³/mol. The Morgan fingerprint density at radius 1 is 0.900 bits per heavy atom. The van der Waals surface area contributed by atoms with Gasteiger partial charge in [-0.2, -0.15) is 0 Å². The van der Waals surface area contributed by atoms with Crippen molar-refractivity contribution in [3.05, 3.63) is 54.6 Å². The molecule has 0 aliphatic rings. The van der Waals surface area contributed by atoms with Crippen LogP contribution in [0.25, 0.3) is 22.0 Å². The van der Waals surface area contributed by atoms with Crippen molar-refractivity contribution >= 4 is 16.6 Å². The van der Waals surface area contributed by atoms with Crippen molar-refractivity contribution in [1.82, 2.24) is 10.2 Å². The fourth-order valence-electron chi connectivity index (χ4n) is 2.13. The van der Waals surface area contributed by atoms with Gasteiger partial charge in [-0.3, -0.25) is 0 Å². The Balaban J connectivity index is 1.90. The summed E-state index contributed by atoms with van der Waals surface area (Å²) in [5, 5.41) is 13.9. The third-order valence-corrected chi connectivity index (χ3v) is 3.16. The Morgan fingerprint density at radius 2 is 1.75 bits per heavy atom. The zero-order chi connectivity index (χ0) is 13.8. The molecule has 3 rings (SSSR count). The molecule has 0 bridgehead atoms. The van der Waals surface area contributed by atoms with Gasteiger partial charge in [0.25, 0.3) is 0 Å². The molecule has 0 amide bonds. The highest BCUT2D eigenvalue weighted by Crippen LogP contribution is 2.22. The van der Waals surface area contributed by atoms with Crippen LogP contribution in [0.15, 0.2) is 54.6 Å². The van der Waals surface area contributed by atoms with Gasteiger partial charge < -0.3 is 11.1 Å². The summed E-state index contributed by atoms with van der Waals surface area (Å²) in [4.78, 5) is 0. The van der Waals surface area contributed by atoms with Crippen LogP contribution in [-0.4, -0.2) is 23.3 Å². The zero-order valence-electron chi connectivity index (χ0n) is 11.1. The average molecular weight is 264 g/mol. The Morgan fingerprint density at radius 3 is 2.50 bits per heavy atom. The van der Waals surface area contributed by atoms with Crippen LogP contribution >= 0.6 is 0 Å². The number of nitrogens with one attached hydrogen (secondary N) is 1. The molecule has 0 fully saturated rings. The molecule has 0 spiro atoms. The Labute approximate surface area is 117 Å². The van der Waals surface area contributed by atoms with Crippen molar-refractivity contribution in [3.8, 4) is 11.3 Å². The van der Waals surface area contributed by atoms with E-state index in [1.54, 1.807) is 0 Å². The molecule has 0 aliphatic heterocycles. The molecular weight excluding hydrogens is 248 g/mol. The van der Waals surface area contributed by atoms with E-state index in [4.69, 9.17) is 5.73 Å². The standard InChI is InChI=1S/C16H16N4/c17-9-10-18-16-8-7-15(19-20-16)14-6-5-12-3-1-2-4-13(12)11-14/h1-8,11H,9-10,17H2,(H,18,20). The van der Waals surface area contributed by atoms with Gasteiger partial charge in [-0.1, -0.05) is 36.4 Å². The van der Waals surface area contributed by atoms with Crippen molar-refractivity contribution in [1.29, 1.82) is 0 Å².